The predicted octanol–water partition coefficient (Wildman–Crippen LogP) is 4.12. The molecule has 138 valence electrons. The Kier molecular flexibility index (Phi) is 4.14. The molecule has 1 heterocycles. The van der Waals surface area contributed by atoms with Gasteiger partial charge in [0.25, 0.3) is 5.56 Å². The zero-order valence-electron chi connectivity index (χ0n) is 16.0. The Bertz CT molecular complexity index is 1120. The van der Waals surface area contributed by atoms with Crippen molar-refractivity contribution in [2.75, 3.05) is 0 Å². The fourth-order valence-electron chi connectivity index (χ4n) is 4.38. The fourth-order valence-corrected chi connectivity index (χ4v) is 4.38. The van der Waals surface area contributed by atoms with Gasteiger partial charge in [0.1, 0.15) is 0 Å². The van der Waals surface area contributed by atoms with Crippen LogP contribution in [0.4, 0.5) is 0 Å². The quantitative estimate of drug-likeness (QED) is 0.764. The molecule has 0 fully saturated rings. The van der Waals surface area contributed by atoms with E-state index in [1.165, 1.54) is 10.1 Å². The number of hydrogen-bond acceptors (Lipinski definition) is 2. The first-order chi connectivity index (χ1) is 13.0. The number of H-pyrrole nitrogens is 1. The average molecular weight is 360 g/mol. The highest BCUT2D eigenvalue weighted by Gasteiger charge is 2.40. The van der Waals surface area contributed by atoms with Gasteiger partial charge >= 0.3 is 5.69 Å². The predicted molar refractivity (Wildman–Crippen MR) is 109 cm³/mol. The number of nitrogens with zero attached hydrogens (tertiary/aromatic N) is 1. The average Bonchev–Trinajstić information content (AvgIpc) is 2.68. The van der Waals surface area contributed by atoms with Gasteiger partial charge in [-0.2, -0.15) is 0 Å². The zero-order valence-corrected chi connectivity index (χ0v) is 16.0. The molecule has 1 N–H and O–H groups in total. The summed E-state index contributed by atoms with van der Waals surface area (Å²) < 4.78 is 1.28. The van der Waals surface area contributed by atoms with Gasteiger partial charge in [0.15, 0.2) is 0 Å². The molecule has 2 aromatic carbocycles. The second-order valence-corrected chi connectivity index (χ2v) is 7.48. The van der Waals surface area contributed by atoms with Crippen LogP contribution in [0.5, 0.6) is 0 Å². The van der Waals surface area contributed by atoms with E-state index in [9.17, 15) is 9.59 Å². The molecule has 0 saturated carbocycles. The van der Waals surface area contributed by atoms with Crippen LogP contribution < -0.4 is 11.2 Å². The van der Waals surface area contributed by atoms with E-state index in [-0.39, 0.29) is 16.7 Å². The lowest BCUT2D eigenvalue weighted by Crippen LogP contribution is -2.45. The number of rotatable bonds is 3. The molecule has 1 aromatic heterocycles. The summed E-state index contributed by atoms with van der Waals surface area (Å²) in [6.45, 7) is 6.24. The Morgan fingerprint density at radius 3 is 2.33 bits per heavy atom. The van der Waals surface area contributed by atoms with Gasteiger partial charge in [-0.1, -0.05) is 55.8 Å². The van der Waals surface area contributed by atoms with Crippen molar-refractivity contribution in [3.63, 3.8) is 0 Å². The van der Waals surface area contributed by atoms with Crippen molar-refractivity contribution in [2.24, 2.45) is 0 Å². The van der Waals surface area contributed by atoms with E-state index in [0.717, 1.165) is 36.0 Å². The maximum Gasteiger partial charge on any atom is 0.333 e. The number of aromatic nitrogens is 2. The molecule has 3 aromatic rings. The number of fused-ring (bicyclic) bond motifs is 3. The molecular weight excluding hydrogens is 336 g/mol. The topological polar surface area (TPSA) is 54.9 Å². The number of hydrogen-bond donors (Lipinski definition) is 1. The summed E-state index contributed by atoms with van der Waals surface area (Å²) in [4.78, 5) is 29.5. The largest absolute Gasteiger partial charge is 0.333 e. The van der Waals surface area contributed by atoms with Crippen LogP contribution in [-0.2, 0) is 11.8 Å². The van der Waals surface area contributed by atoms with Gasteiger partial charge in [0, 0.05) is 16.5 Å². The molecule has 0 bridgehead atoms. The van der Waals surface area contributed by atoms with Gasteiger partial charge in [-0.05, 0) is 43.9 Å². The van der Waals surface area contributed by atoms with Crippen LogP contribution in [0.3, 0.4) is 0 Å². The van der Waals surface area contributed by atoms with Crippen molar-refractivity contribution in [3.05, 3.63) is 86.1 Å². The summed E-state index contributed by atoms with van der Waals surface area (Å²) in [5, 5.41) is 0. The minimum atomic E-state index is -0.389. The molecule has 4 rings (SSSR count). The molecule has 0 spiro atoms. The molecule has 4 nitrogen and oxygen atoms in total. The van der Waals surface area contributed by atoms with E-state index >= 15 is 0 Å². The van der Waals surface area contributed by atoms with Crippen LogP contribution in [0.25, 0.3) is 16.9 Å². The second-order valence-electron chi connectivity index (χ2n) is 7.48. The molecule has 1 aliphatic rings. The second kappa shape index (κ2) is 6.38. The van der Waals surface area contributed by atoms with Crippen LogP contribution in [-0.4, -0.2) is 9.55 Å². The third-order valence-electron chi connectivity index (χ3n) is 6.09. The van der Waals surface area contributed by atoms with Crippen molar-refractivity contribution in [2.45, 2.75) is 45.4 Å². The number of nitrogens with one attached hydrogen (secondary N) is 1. The Hall–Kier alpha value is -2.88. The third-order valence-corrected chi connectivity index (χ3v) is 6.09. The minimum Gasteiger partial charge on any atom is -0.306 e. The first-order valence-electron chi connectivity index (χ1n) is 9.56. The van der Waals surface area contributed by atoms with Gasteiger partial charge in [-0.25, -0.2) is 9.36 Å². The van der Waals surface area contributed by atoms with Crippen molar-refractivity contribution in [1.29, 1.82) is 0 Å². The Morgan fingerprint density at radius 2 is 1.67 bits per heavy atom. The highest BCUT2D eigenvalue weighted by Crippen LogP contribution is 2.44. The lowest BCUT2D eigenvalue weighted by Gasteiger charge is -2.38. The van der Waals surface area contributed by atoms with Gasteiger partial charge in [0.2, 0.25) is 0 Å². The molecule has 0 amide bonds. The monoisotopic (exact) mass is 360 g/mol. The summed E-state index contributed by atoms with van der Waals surface area (Å²) in [7, 11) is 0. The van der Waals surface area contributed by atoms with E-state index in [4.69, 9.17) is 0 Å². The Morgan fingerprint density at radius 1 is 1.00 bits per heavy atom. The summed E-state index contributed by atoms with van der Waals surface area (Å²) >= 11 is 0. The molecule has 0 saturated heterocycles. The molecule has 0 unspecified atom stereocenters. The molecule has 0 radical (unpaired) electrons. The summed E-state index contributed by atoms with van der Waals surface area (Å²) in [5.41, 5.74) is 4.44. The smallest absolute Gasteiger partial charge is 0.306 e. The van der Waals surface area contributed by atoms with Crippen LogP contribution in [0, 0.1) is 6.92 Å². The van der Waals surface area contributed by atoms with E-state index < -0.39 is 0 Å². The lowest BCUT2D eigenvalue weighted by molar-refractivity contribution is 0.381. The van der Waals surface area contributed by atoms with E-state index in [1.807, 2.05) is 49.4 Å². The Labute approximate surface area is 158 Å². The molecule has 4 heteroatoms. The zero-order chi connectivity index (χ0) is 19.2. The minimum absolute atomic E-state index is 0.198. The molecule has 0 atom stereocenters. The SMILES string of the molecule is CCC1(CC)Cc2ccccc2-c2[nH]c(=O)n(-c3ccc(C)cc3)c(=O)c21. The first kappa shape index (κ1) is 17.5. The van der Waals surface area contributed by atoms with Crippen molar-refractivity contribution in [3.8, 4) is 16.9 Å². The summed E-state index contributed by atoms with van der Waals surface area (Å²) in [6, 6.07) is 15.6. The Balaban J connectivity index is 2.09. The van der Waals surface area contributed by atoms with Gasteiger partial charge in [-0.3, -0.25) is 4.79 Å². The fraction of sp³-hybridized carbons (Fsp3) is 0.304. The number of benzene rings is 2. The van der Waals surface area contributed by atoms with Crippen molar-refractivity contribution >= 4 is 0 Å². The maximum absolute atomic E-state index is 13.6. The van der Waals surface area contributed by atoms with Gasteiger partial charge in [-0.15, -0.1) is 0 Å². The molecule has 0 aliphatic heterocycles. The van der Waals surface area contributed by atoms with Crippen molar-refractivity contribution < 1.29 is 0 Å². The normalized spacial score (nSPS) is 14.5. The third kappa shape index (κ3) is 2.59. The highest BCUT2D eigenvalue weighted by molar-refractivity contribution is 5.71. The van der Waals surface area contributed by atoms with E-state index in [0.29, 0.717) is 11.4 Å². The molecule has 1 aliphatic carbocycles. The molecular formula is C23H24N2O2. The van der Waals surface area contributed by atoms with Crippen LogP contribution in [0.2, 0.25) is 0 Å². The summed E-state index contributed by atoms with van der Waals surface area (Å²) in [6.07, 6.45) is 2.51. The highest BCUT2D eigenvalue weighted by atomic mass is 16.2. The molecule has 27 heavy (non-hydrogen) atoms. The summed E-state index contributed by atoms with van der Waals surface area (Å²) in [5.74, 6) is 0. The standard InChI is InChI=1S/C23H24N2O2/c1-4-23(5-2)14-16-8-6-7-9-18(16)20-19(23)21(26)25(22(27)24-20)17-12-10-15(3)11-13-17/h6-13H,4-5,14H2,1-3H3,(H,24,27). The van der Waals surface area contributed by atoms with E-state index in [2.05, 4.69) is 24.9 Å². The van der Waals surface area contributed by atoms with Crippen LogP contribution >= 0.6 is 0 Å². The van der Waals surface area contributed by atoms with Crippen molar-refractivity contribution in [1.82, 2.24) is 9.55 Å². The number of aromatic amines is 1. The van der Waals surface area contributed by atoms with Gasteiger partial charge < -0.3 is 4.98 Å². The first-order valence-corrected chi connectivity index (χ1v) is 9.56. The lowest BCUT2D eigenvalue weighted by atomic mass is 9.66. The van der Waals surface area contributed by atoms with E-state index in [1.54, 1.807) is 0 Å². The van der Waals surface area contributed by atoms with Gasteiger partial charge in [0.05, 0.1) is 11.4 Å². The maximum atomic E-state index is 13.6. The van der Waals surface area contributed by atoms with Crippen LogP contribution in [0.15, 0.2) is 58.1 Å². The van der Waals surface area contributed by atoms with Crippen LogP contribution in [0.1, 0.15) is 43.4 Å². The number of aryl methyl sites for hydroxylation is 1.